The Balaban J connectivity index is 1.95. The van der Waals surface area contributed by atoms with Crippen molar-refractivity contribution in [3.8, 4) is 0 Å². The molecule has 0 radical (unpaired) electrons. The average Bonchev–Trinajstić information content (AvgIpc) is 3.08. The summed E-state index contributed by atoms with van der Waals surface area (Å²) >= 11 is 0. The van der Waals surface area contributed by atoms with Gasteiger partial charge in [-0.15, -0.1) is 0 Å². The predicted octanol–water partition coefficient (Wildman–Crippen LogP) is 2.14. The number of carbonyl (C=O) groups excluding carboxylic acids is 1. The van der Waals surface area contributed by atoms with E-state index in [0.717, 1.165) is 25.9 Å². The van der Waals surface area contributed by atoms with Gasteiger partial charge in [0, 0.05) is 13.1 Å². The maximum atomic E-state index is 12.2. The summed E-state index contributed by atoms with van der Waals surface area (Å²) in [5.41, 5.74) is -0.784. The normalized spacial score (nSPS) is 23.8. The zero-order valence-electron chi connectivity index (χ0n) is 11.5. The van der Waals surface area contributed by atoms with Gasteiger partial charge >= 0.3 is 5.97 Å². The van der Waals surface area contributed by atoms with Crippen LogP contribution in [-0.4, -0.2) is 35.0 Å². The molecule has 4 heteroatoms. The van der Waals surface area contributed by atoms with E-state index in [1.807, 2.05) is 0 Å². The molecule has 1 saturated heterocycles. The summed E-state index contributed by atoms with van der Waals surface area (Å²) in [5.74, 6) is -0.464. The van der Waals surface area contributed by atoms with Gasteiger partial charge in [-0.05, 0) is 37.0 Å². The van der Waals surface area contributed by atoms with Gasteiger partial charge in [0.15, 0.2) is 0 Å². The van der Waals surface area contributed by atoms with Gasteiger partial charge in [-0.2, -0.15) is 0 Å². The Hall–Kier alpha value is -1.06. The summed E-state index contributed by atoms with van der Waals surface area (Å²) in [7, 11) is 0. The molecule has 0 aromatic rings. The van der Waals surface area contributed by atoms with E-state index in [1.165, 1.54) is 0 Å². The minimum Gasteiger partial charge on any atom is -0.480 e. The molecular formula is C14H23NO3. The number of carboxylic acids is 1. The number of amides is 1. The molecule has 1 aliphatic heterocycles. The molecule has 1 heterocycles. The van der Waals surface area contributed by atoms with Gasteiger partial charge < -0.3 is 10.0 Å². The van der Waals surface area contributed by atoms with Crippen molar-refractivity contribution in [2.75, 3.05) is 13.1 Å². The number of carbonyl (C=O) groups is 2. The van der Waals surface area contributed by atoms with Crippen LogP contribution in [-0.2, 0) is 9.59 Å². The summed E-state index contributed by atoms with van der Waals surface area (Å²) in [5, 5.41) is 9.14. The summed E-state index contributed by atoms with van der Waals surface area (Å²) in [6, 6.07) is 0. The van der Waals surface area contributed by atoms with Crippen molar-refractivity contribution in [1.29, 1.82) is 0 Å². The Morgan fingerprint density at radius 2 is 1.67 bits per heavy atom. The first-order valence-corrected chi connectivity index (χ1v) is 6.80. The molecule has 0 atom stereocenters. The van der Waals surface area contributed by atoms with Crippen molar-refractivity contribution in [1.82, 2.24) is 4.90 Å². The zero-order valence-corrected chi connectivity index (χ0v) is 11.5. The highest BCUT2D eigenvalue weighted by Crippen LogP contribution is 2.48. The number of carboxylic acid groups (broad SMARTS) is 1. The SMILES string of the molecule is CC(C)(C)C1CCN(C(=O)C2(C(=O)O)CC2)CC1. The maximum absolute atomic E-state index is 12.2. The van der Waals surface area contributed by atoms with E-state index in [-0.39, 0.29) is 11.3 Å². The van der Waals surface area contributed by atoms with Gasteiger partial charge in [0.25, 0.3) is 0 Å². The molecule has 0 spiro atoms. The van der Waals surface area contributed by atoms with Gasteiger partial charge in [0.05, 0.1) is 0 Å². The number of hydrogen-bond acceptors (Lipinski definition) is 2. The second-order valence-electron chi connectivity index (χ2n) is 6.82. The van der Waals surface area contributed by atoms with E-state index in [0.29, 0.717) is 18.8 Å². The monoisotopic (exact) mass is 253 g/mol. The summed E-state index contributed by atoms with van der Waals surface area (Å²) < 4.78 is 0. The molecule has 0 bridgehead atoms. The highest BCUT2D eigenvalue weighted by molar-refractivity contribution is 6.04. The Bertz CT molecular complexity index is 358. The predicted molar refractivity (Wildman–Crippen MR) is 68.1 cm³/mol. The Morgan fingerprint density at radius 1 is 1.17 bits per heavy atom. The Morgan fingerprint density at radius 3 is 2.00 bits per heavy atom. The quantitative estimate of drug-likeness (QED) is 0.767. The van der Waals surface area contributed by atoms with Crippen LogP contribution in [0.1, 0.15) is 46.5 Å². The largest absolute Gasteiger partial charge is 0.480 e. The first-order chi connectivity index (χ1) is 8.27. The topological polar surface area (TPSA) is 57.6 Å². The number of rotatable bonds is 2. The molecule has 1 N–H and O–H groups in total. The van der Waals surface area contributed by atoms with Crippen molar-refractivity contribution in [2.45, 2.75) is 46.5 Å². The van der Waals surface area contributed by atoms with Crippen LogP contribution < -0.4 is 0 Å². The molecule has 1 aliphatic carbocycles. The highest BCUT2D eigenvalue weighted by atomic mass is 16.4. The van der Waals surface area contributed by atoms with Crippen LogP contribution in [0.25, 0.3) is 0 Å². The lowest BCUT2D eigenvalue weighted by Gasteiger charge is -2.39. The molecule has 1 saturated carbocycles. The minimum atomic E-state index is -1.06. The van der Waals surface area contributed by atoms with Gasteiger partial charge in [-0.3, -0.25) is 9.59 Å². The molecular weight excluding hydrogens is 230 g/mol. The van der Waals surface area contributed by atoms with Crippen LogP contribution in [0.4, 0.5) is 0 Å². The van der Waals surface area contributed by atoms with Crippen molar-refractivity contribution < 1.29 is 14.7 Å². The second-order valence-corrected chi connectivity index (χ2v) is 6.82. The molecule has 2 fully saturated rings. The first-order valence-electron chi connectivity index (χ1n) is 6.80. The Labute approximate surface area is 108 Å². The van der Waals surface area contributed by atoms with Crippen LogP contribution in [0.2, 0.25) is 0 Å². The molecule has 0 unspecified atom stereocenters. The van der Waals surface area contributed by atoms with E-state index in [4.69, 9.17) is 5.11 Å². The van der Waals surface area contributed by atoms with Crippen LogP contribution in [0.5, 0.6) is 0 Å². The van der Waals surface area contributed by atoms with E-state index in [1.54, 1.807) is 4.90 Å². The Kier molecular flexibility index (Phi) is 3.16. The smallest absolute Gasteiger partial charge is 0.319 e. The lowest BCUT2D eigenvalue weighted by atomic mass is 9.75. The molecule has 4 nitrogen and oxygen atoms in total. The van der Waals surface area contributed by atoms with E-state index < -0.39 is 11.4 Å². The number of nitrogens with zero attached hydrogens (tertiary/aromatic N) is 1. The first kappa shape index (κ1) is 13.4. The fourth-order valence-corrected chi connectivity index (χ4v) is 2.90. The molecule has 0 aromatic carbocycles. The standard InChI is InChI=1S/C14H23NO3/c1-13(2,3)10-4-8-15(9-5-10)11(16)14(6-7-14)12(17)18/h10H,4-9H2,1-3H3,(H,17,18). The number of aliphatic carboxylic acids is 1. The van der Waals surface area contributed by atoms with Crippen molar-refractivity contribution in [3.63, 3.8) is 0 Å². The molecule has 2 aliphatic rings. The summed E-state index contributed by atoms with van der Waals surface area (Å²) in [6.45, 7) is 8.13. The molecule has 0 aromatic heterocycles. The van der Waals surface area contributed by atoms with E-state index in [9.17, 15) is 9.59 Å². The fourth-order valence-electron chi connectivity index (χ4n) is 2.90. The van der Waals surface area contributed by atoms with Gasteiger partial charge in [-0.1, -0.05) is 20.8 Å². The third-order valence-electron chi connectivity index (χ3n) is 4.58. The summed E-state index contributed by atoms with van der Waals surface area (Å²) in [6.07, 6.45) is 3.01. The second kappa shape index (κ2) is 4.25. The van der Waals surface area contributed by atoms with Crippen molar-refractivity contribution >= 4 is 11.9 Å². The zero-order chi connectivity index (χ0) is 13.6. The number of likely N-dealkylation sites (tertiary alicyclic amines) is 1. The maximum Gasteiger partial charge on any atom is 0.319 e. The number of piperidine rings is 1. The van der Waals surface area contributed by atoms with Crippen molar-refractivity contribution in [2.24, 2.45) is 16.7 Å². The molecule has 102 valence electrons. The number of hydrogen-bond donors (Lipinski definition) is 1. The van der Waals surface area contributed by atoms with Crippen LogP contribution >= 0.6 is 0 Å². The highest BCUT2D eigenvalue weighted by Gasteiger charge is 2.58. The van der Waals surface area contributed by atoms with E-state index >= 15 is 0 Å². The lowest BCUT2D eigenvalue weighted by Crippen LogP contribution is -2.46. The lowest BCUT2D eigenvalue weighted by molar-refractivity contribution is -0.154. The van der Waals surface area contributed by atoms with Crippen LogP contribution in [0.3, 0.4) is 0 Å². The molecule has 18 heavy (non-hydrogen) atoms. The third kappa shape index (κ3) is 2.25. The van der Waals surface area contributed by atoms with Gasteiger partial charge in [-0.25, -0.2) is 0 Å². The fraction of sp³-hybridized carbons (Fsp3) is 0.857. The van der Waals surface area contributed by atoms with E-state index in [2.05, 4.69) is 20.8 Å². The van der Waals surface area contributed by atoms with Crippen LogP contribution in [0.15, 0.2) is 0 Å². The van der Waals surface area contributed by atoms with Crippen molar-refractivity contribution in [3.05, 3.63) is 0 Å². The molecule has 2 rings (SSSR count). The average molecular weight is 253 g/mol. The van der Waals surface area contributed by atoms with Gasteiger partial charge in [0.1, 0.15) is 5.41 Å². The third-order valence-corrected chi connectivity index (χ3v) is 4.58. The van der Waals surface area contributed by atoms with Gasteiger partial charge in [0.2, 0.25) is 5.91 Å². The molecule has 1 amide bonds. The summed E-state index contributed by atoms with van der Waals surface area (Å²) in [4.78, 5) is 25.1. The minimum absolute atomic E-state index is 0.151. The van der Waals surface area contributed by atoms with Crippen LogP contribution in [0, 0.1) is 16.7 Å².